The molecule has 9 heteroatoms. The van der Waals surface area contributed by atoms with Gasteiger partial charge in [-0.05, 0) is 42.7 Å². The predicted molar refractivity (Wildman–Crippen MR) is 156 cm³/mol. The third-order valence-electron chi connectivity index (χ3n) is 5.97. The molecule has 0 saturated heterocycles. The number of unbranched alkanes of at least 4 members (excludes halogenated alkanes) is 1. The van der Waals surface area contributed by atoms with E-state index in [1.54, 1.807) is 23.9 Å². The molecule has 1 unspecified atom stereocenters. The first-order valence-corrected chi connectivity index (χ1v) is 14.4. The molecule has 1 aromatic heterocycles. The molecule has 2 amide bonds. The maximum absolute atomic E-state index is 12.9. The van der Waals surface area contributed by atoms with Crippen molar-refractivity contribution in [2.75, 3.05) is 6.54 Å². The van der Waals surface area contributed by atoms with Crippen molar-refractivity contribution in [3.63, 3.8) is 0 Å². The van der Waals surface area contributed by atoms with Crippen molar-refractivity contribution in [1.82, 2.24) is 25.4 Å². The van der Waals surface area contributed by atoms with E-state index < -0.39 is 6.04 Å². The zero-order valence-electron chi connectivity index (χ0n) is 21.5. The minimum atomic E-state index is -0.452. The Kier molecular flexibility index (Phi) is 10.1. The van der Waals surface area contributed by atoms with Crippen LogP contribution in [0.1, 0.15) is 48.3 Å². The number of halogens is 2. The summed E-state index contributed by atoms with van der Waals surface area (Å²) < 4.78 is 1.93. The molecule has 0 aliphatic heterocycles. The number of amides is 2. The highest BCUT2D eigenvalue weighted by Gasteiger charge is 2.26. The van der Waals surface area contributed by atoms with Gasteiger partial charge in [0.1, 0.15) is 0 Å². The van der Waals surface area contributed by atoms with E-state index in [-0.39, 0.29) is 6.03 Å². The number of thioether (sulfide) groups is 1. The first-order valence-electron chi connectivity index (χ1n) is 12.6. The summed E-state index contributed by atoms with van der Waals surface area (Å²) in [4.78, 5) is 12.9. The molecule has 1 atom stereocenters. The van der Waals surface area contributed by atoms with E-state index in [4.69, 9.17) is 23.2 Å². The van der Waals surface area contributed by atoms with Crippen molar-refractivity contribution in [2.24, 2.45) is 0 Å². The molecule has 1 heterocycles. The van der Waals surface area contributed by atoms with E-state index in [2.05, 4.69) is 58.9 Å². The summed E-state index contributed by atoms with van der Waals surface area (Å²) in [6, 6.07) is 23.0. The quantitative estimate of drug-likeness (QED) is 0.145. The van der Waals surface area contributed by atoms with Crippen LogP contribution in [-0.2, 0) is 12.2 Å². The second kappa shape index (κ2) is 13.7. The zero-order valence-corrected chi connectivity index (χ0v) is 23.8. The Morgan fingerprint density at radius 2 is 1.79 bits per heavy atom. The van der Waals surface area contributed by atoms with E-state index in [0.29, 0.717) is 45.4 Å². The number of hydrogen-bond donors (Lipinski definition) is 2. The number of nitrogens with zero attached hydrogens (tertiary/aromatic N) is 3. The van der Waals surface area contributed by atoms with Crippen LogP contribution in [0.2, 0.25) is 10.0 Å². The highest BCUT2D eigenvalue weighted by atomic mass is 35.5. The lowest BCUT2D eigenvalue weighted by Crippen LogP contribution is -2.40. The monoisotopic (exact) mass is 567 g/mol. The van der Waals surface area contributed by atoms with Gasteiger partial charge in [0.15, 0.2) is 11.0 Å². The fraction of sp³-hybridized carbons (Fsp3) is 0.276. The molecule has 0 spiro atoms. The molecule has 38 heavy (non-hydrogen) atoms. The molecular formula is C29H31Cl2N5OS. The molecule has 4 aromatic rings. The van der Waals surface area contributed by atoms with Crippen molar-refractivity contribution >= 4 is 41.0 Å². The molecule has 0 fully saturated rings. The van der Waals surface area contributed by atoms with Gasteiger partial charge in [0.05, 0.1) is 16.8 Å². The molecule has 0 aliphatic rings. The Morgan fingerprint density at radius 3 is 2.53 bits per heavy atom. The average molecular weight is 569 g/mol. The van der Waals surface area contributed by atoms with Crippen LogP contribution >= 0.6 is 35.0 Å². The Morgan fingerprint density at radius 1 is 1.00 bits per heavy atom. The highest BCUT2D eigenvalue weighted by molar-refractivity contribution is 7.98. The molecule has 6 nitrogen and oxygen atoms in total. The van der Waals surface area contributed by atoms with E-state index >= 15 is 0 Å². The molecule has 0 saturated carbocycles. The Hall–Kier alpha value is -3.00. The van der Waals surface area contributed by atoms with Gasteiger partial charge < -0.3 is 10.6 Å². The highest BCUT2D eigenvalue weighted by Crippen LogP contribution is 2.33. The maximum atomic E-state index is 12.9. The summed E-state index contributed by atoms with van der Waals surface area (Å²) in [5, 5.41) is 16.9. The molecule has 0 radical (unpaired) electrons. The van der Waals surface area contributed by atoms with Crippen LogP contribution in [0.25, 0.3) is 5.69 Å². The molecule has 4 rings (SSSR count). The van der Waals surface area contributed by atoms with E-state index in [1.807, 2.05) is 41.0 Å². The molecule has 198 valence electrons. The number of benzene rings is 3. The number of urea groups is 1. The van der Waals surface area contributed by atoms with Crippen LogP contribution in [-0.4, -0.2) is 27.3 Å². The SMILES string of the molecule is CCCCNC(=O)NC(Cc1ccccc1)c1nnc(SCc2cccc(C)c2)n1-c1ccc(Cl)cc1Cl. The fourth-order valence-electron chi connectivity index (χ4n) is 4.08. The average Bonchev–Trinajstić information content (AvgIpc) is 3.31. The largest absolute Gasteiger partial charge is 0.338 e. The lowest BCUT2D eigenvalue weighted by atomic mass is 10.1. The summed E-state index contributed by atoms with van der Waals surface area (Å²) in [5.74, 6) is 1.30. The predicted octanol–water partition coefficient (Wildman–Crippen LogP) is 7.56. The molecule has 2 N–H and O–H groups in total. The van der Waals surface area contributed by atoms with Gasteiger partial charge in [-0.25, -0.2) is 4.79 Å². The zero-order chi connectivity index (χ0) is 26.9. The molecule has 3 aromatic carbocycles. The van der Waals surface area contributed by atoms with Gasteiger partial charge in [-0.1, -0.05) is 108 Å². The summed E-state index contributed by atoms with van der Waals surface area (Å²) in [6.45, 7) is 4.77. The topological polar surface area (TPSA) is 71.8 Å². The second-order valence-corrected chi connectivity index (χ2v) is 10.8. The van der Waals surface area contributed by atoms with Crippen molar-refractivity contribution in [3.05, 3.63) is 105 Å². The molecule has 0 aliphatic carbocycles. The van der Waals surface area contributed by atoms with Crippen molar-refractivity contribution < 1.29 is 4.79 Å². The van der Waals surface area contributed by atoms with Crippen molar-refractivity contribution in [2.45, 2.75) is 50.1 Å². The number of nitrogens with one attached hydrogen (secondary N) is 2. The van der Waals surface area contributed by atoms with Crippen LogP contribution < -0.4 is 10.6 Å². The Bertz CT molecular complexity index is 1360. The number of aromatic nitrogens is 3. The lowest BCUT2D eigenvalue weighted by Gasteiger charge is -2.21. The van der Waals surface area contributed by atoms with Gasteiger partial charge >= 0.3 is 6.03 Å². The standard InChI is InChI=1S/C29H31Cl2N5OS/c1-3-4-15-32-28(37)33-25(17-21-10-6-5-7-11-21)27-34-35-29(38-19-22-12-8-9-20(2)16-22)36(27)26-14-13-23(30)18-24(26)31/h5-14,16,18,25H,3-4,15,17,19H2,1-2H3,(H2,32,33,37). The van der Waals surface area contributed by atoms with Gasteiger partial charge in [0, 0.05) is 23.7 Å². The van der Waals surface area contributed by atoms with Gasteiger partial charge in [-0.15, -0.1) is 10.2 Å². The minimum absolute atomic E-state index is 0.245. The summed E-state index contributed by atoms with van der Waals surface area (Å²) in [7, 11) is 0. The first kappa shape index (κ1) is 28.0. The van der Waals surface area contributed by atoms with E-state index in [9.17, 15) is 4.79 Å². The summed E-state index contributed by atoms with van der Waals surface area (Å²) in [5.41, 5.74) is 4.15. The normalized spacial score (nSPS) is 11.8. The van der Waals surface area contributed by atoms with E-state index in [1.165, 1.54) is 11.1 Å². The Balaban J connectivity index is 1.72. The summed E-state index contributed by atoms with van der Waals surface area (Å²) in [6.07, 6.45) is 2.44. The van der Waals surface area contributed by atoms with Gasteiger partial charge in [-0.3, -0.25) is 4.57 Å². The first-order chi connectivity index (χ1) is 18.4. The number of hydrogen-bond acceptors (Lipinski definition) is 4. The van der Waals surface area contributed by atoms with Gasteiger partial charge in [0.25, 0.3) is 0 Å². The van der Waals surface area contributed by atoms with Crippen molar-refractivity contribution in [3.8, 4) is 5.69 Å². The second-order valence-electron chi connectivity index (χ2n) is 9.05. The number of carbonyl (C=O) groups is 1. The van der Waals surface area contributed by atoms with Crippen LogP contribution in [0.15, 0.2) is 78.0 Å². The van der Waals surface area contributed by atoms with Crippen LogP contribution in [0.3, 0.4) is 0 Å². The molecule has 0 bridgehead atoms. The number of carbonyl (C=O) groups excluding carboxylic acids is 1. The minimum Gasteiger partial charge on any atom is -0.338 e. The smallest absolute Gasteiger partial charge is 0.315 e. The van der Waals surface area contributed by atoms with Crippen LogP contribution in [0.4, 0.5) is 4.79 Å². The maximum Gasteiger partial charge on any atom is 0.315 e. The van der Waals surface area contributed by atoms with Gasteiger partial charge in [0.2, 0.25) is 0 Å². The Labute approximate surface area is 238 Å². The molecular weight excluding hydrogens is 537 g/mol. The number of rotatable bonds is 11. The third-order valence-corrected chi connectivity index (χ3v) is 7.51. The lowest BCUT2D eigenvalue weighted by molar-refractivity contribution is 0.236. The third kappa shape index (κ3) is 7.53. The van der Waals surface area contributed by atoms with E-state index in [0.717, 1.165) is 18.4 Å². The van der Waals surface area contributed by atoms with Gasteiger partial charge in [-0.2, -0.15) is 0 Å². The fourth-order valence-corrected chi connectivity index (χ4v) is 5.47. The van der Waals surface area contributed by atoms with Crippen LogP contribution in [0.5, 0.6) is 0 Å². The number of aryl methyl sites for hydroxylation is 1. The van der Waals surface area contributed by atoms with Crippen LogP contribution in [0, 0.1) is 6.92 Å². The summed E-state index contributed by atoms with van der Waals surface area (Å²) >= 11 is 14.5. The van der Waals surface area contributed by atoms with Crippen molar-refractivity contribution in [1.29, 1.82) is 0 Å².